The molecule has 36 heavy (non-hydrogen) atoms. The fourth-order valence-corrected chi connectivity index (χ4v) is 4.66. The summed E-state index contributed by atoms with van der Waals surface area (Å²) in [5, 5.41) is 11.9. The topological polar surface area (TPSA) is 80.0 Å². The lowest BCUT2D eigenvalue weighted by Gasteiger charge is -2.27. The molecule has 0 aliphatic carbocycles. The van der Waals surface area contributed by atoms with Gasteiger partial charge in [-0.2, -0.15) is 0 Å². The van der Waals surface area contributed by atoms with E-state index >= 15 is 0 Å². The highest BCUT2D eigenvalue weighted by Gasteiger charge is 2.45. The highest BCUT2D eigenvalue weighted by Crippen LogP contribution is 2.43. The standard InChI is InChI=1S/C28H21ClFNO5/c1-3-15-4-10-20(11-5-15)31-24(16-6-8-19(30)9-7-16)23(26(33)28(31)34)25(32)21-13-17-12-18(29)14-22(35-2)27(17)36-21/h4-14,24,33H,3H2,1-2H3. The summed E-state index contributed by atoms with van der Waals surface area (Å²) < 4.78 is 24.8. The Kier molecular flexibility index (Phi) is 6.02. The van der Waals surface area contributed by atoms with Crippen molar-refractivity contribution >= 4 is 39.9 Å². The van der Waals surface area contributed by atoms with Gasteiger partial charge < -0.3 is 14.3 Å². The molecule has 0 radical (unpaired) electrons. The molecule has 0 saturated carbocycles. The molecule has 0 bridgehead atoms. The zero-order chi connectivity index (χ0) is 25.6. The summed E-state index contributed by atoms with van der Waals surface area (Å²) in [6.45, 7) is 2.01. The highest BCUT2D eigenvalue weighted by atomic mass is 35.5. The molecule has 0 spiro atoms. The maximum Gasteiger partial charge on any atom is 0.294 e. The monoisotopic (exact) mass is 505 g/mol. The van der Waals surface area contributed by atoms with Crippen LogP contribution in [0.4, 0.5) is 10.1 Å². The second-order valence-electron chi connectivity index (χ2n) is 8.38. The number of hydrogen-bond acceptors (Lipinski definition) is 5. The van der Waals surface area contributed by atoms with E-state index in [0.29, 0.717) is 33.0 Å². The van der Waals surface area contributed by atoms with Gasteiger partial charge in [-0.1, -0.05) is 42.8 Å². The lowest BCUT2D eigenvalue weighted by atomic mass is 9.94. The van der Waals surface area contributed by atoms with E-state index in [4.69, 9.17) is 20.8 Å². The number of aryl methyl sites for hydroxylation is 1. The number of rotatable bonds is 6. The van der Waals surface area contributed by atoms with Crippen molar-refractivity contribution in [1.82, 2.24) is 0 Å². The minimum Gasteiger partial charge on any atom is -0.503 e. The molecule has 4 aromatic rings. The molecule has 1 aliphatic heterocycles. The molecule has 1 aliphatic rings. The molecular weight excluding hydrogens is 485 g/mol. The summed E-state index contributed by atoms with van der Waals surface area (Å²) in [5.74, 6) is -2.35. The molecule has 3 aromatic carbocycles. The molecule has 8 heteroatoms. The summed E-state index contributed by atoms with van der Waals surface area (Å²) in [6.07, 6.45) is 0.808. The maximum atomic E-state index is 13.7. The van der Waals surface area contributed by atoms with Gasteiger partial charge in [-0.15, -0.1) is 0 Å². The lowest BCUT2D eigenvalue weighted by molar-refractivity contribution is -0.117. The van der Waals surface area contributed by atoms with Crippen molar-refractivity contribution < 1.29 is 28.2 Å². The average molecular weight is 506 g/mol. The van der Waals surface area contributed by atoms with Crippen molar-refractivity contribution in [2.45, 2.75) is 19.4 Å². The number of carbonyl (C=O) groups is 2. The van der Waals surface area contributed by atoms with Gasteiger partial charge in [0.1, 0.15) is 5.82 Å². The summed E-state index contributed by atoms with van der Waals surface area (Å²) in [5.41, 5.74) is 2.13. The first kappa shape index (κ1) is 23.6. The van der Waals surface area contributed by atoms with Gasteiger partial charge in [0.25, 0.3) is 5.91 Å². The first-order chi connectivity index (χ1) is 17.3. The quantitative estimate of drug-likeness (QED) is 0.299. The van der Waals surface area contributed by atoms with Crippen molar-refractivity contribution in [2.24, 2.45) is 0 Å². The van der Waals surface area contributed by atoms with E-state index in [1.165, 1.54) is 42.3 Å². The fraction of sp³-hybridized carbons (Fsp3) is 0.143. The number of fused-ring (bicyclic) bond motifs is 1. The lowest BCUT2D eigenvalue weighted by Crippen LogP contribution is -2.31. The van der Waals surface area contributed by atoms with Gasteiger partial charge in [0, 0.05) is 22.2 Å². The fourth-order valence-electron chi connectivity index (χ4n) is 4.44. The highest BCUT2D eigenvalue weighted by molar-refractivity contribution is 6.31. The number of furan rings is 1. The number of methoxy groups -OCH3 is 1. The SMILES string of the molecule is CCc1ccc(N2C(=O)C(O)=C(C(=O)c3cc4cc(Cl)cc(OC)c4o3)C2c2ccc(F)cc2)cc1. The van der Waals surface area contributed by atoms with Crippen LogP contribution in [-0.4, -0.2) is 23.9 Å². The zero-order valence-electron chi connectivity index (χ0n) is 19.4. The van der Waals surface area contributed by atoms with Gasteiger partial charge in [-0.25, -0.2) is 4.39 Å². The number of ketones is 1. The van der Waals surface area contributed by atoms with E-state index in [9.17, 15) is 19.1 Å². The van der Waals surface area contributed by atoms with E-state index in [1.54, 1.807) is 24.3 Å². The number of carbonyl (C=O) groups excluding carboxylic acids is 2. The molecule has 182 valence electrons. The largest absolute Gasteiger partial charge is 0.503 e. The van der Waals surface area contributed by atoms with Crippen LogP contribution in [0.15, 0.2) is 82.5 Å². The number of amides is 1. The van der Waals surface area contributed by atoms with Crippen molar-refractivity contribution in [2.75, 3.05) is 12.0 Å². The Bertz CT molecular complexity index is 1520. The van der Waals surface area contributed by atoms with Crippen LogP contribution in [0.5, 0.6) is 5.75 Å². The molecule has 6 nitrogen and oxygen atoms in total. The molecule has 1 aromatic heterocycles. The summed E-state index contributed by atoms with van der Waals surface area (Å²) in [7, 11) is 1.45. The van der Waals surface area contributed by atoms with Crippen LogP contribution >= 0.6 is 11.6 Å². The van der Waals surface area contributed by atoms with Crippen LogP contribution < -0.4 is 9.64 Å². The summed E-state index contributed by atoms with van der Waals surface area (Å²) >= 11 is 6.15. The first-order valence-electron chi connectivity index (χ1n) is 11.2. The van der Waals surface area contributed by atoms with Crippen molar-refractivity contribution in [3.05, 3.63) is 106 Å². The summed E-state index contributed by atoms with van der Waals surface area (Å²) in [4.78, 5) is 28.4. The number of nitrogens with zero attached hydrogens (tertiary/aromatic N) is 1. The Morgan fingerprint density at radius 1 is 1.11 bits per heavy atom. The summed E-state index contributed by atoms with van der Waals surface area (Å²) in [6, 6.07) is 16.3. The smallest absolute Gasteiger partial charge is 0.294 e. The van der Waals surface area contributed by atoms with E-state index in [-0.39, 0.29) is 11.3 Å². The molecule has 5 rings (SSSR count). The first-order valence-corrected chi connectivity index (χ1v) is 11.6. The Balaban J connectivity index is 1.65. The van der Waals surface area contributed by atoms with E-state index in [1.807, 2.05) is 19.1 Å². The third-order valence-electron chi connectivity index (χ3n) is 6.25. The maximum absolute atomic E-state index is 13.7. The van der Waals surface area contributed by atoms with Crippen LogP contribution in [0.1, 0.15) is 34.6 Å². The molecule has 1 amide bonds. The molecule has 0 fully saturated rings. The van der Waals surface area contributed by atoms with Gasteiger partial charge in [0.05, 0.1) is 18.7 Å². The number of Topliss-reactive ketones (excluding diaryl/α,β-unsaturated/α-hetero) is 1. The van der Waals surface area contributed by atoms with Crippen molar-refractivity contribution in [1.29, 1.82) is 0 Å². The molecule has 1 atom stereocenters. The predicted molar refractivity (Wildman–Crippen MR) is 134 cm³/mol. The Morgan fingerprint density at radius 3 is 2.44 bits per heavy atom. The van der Waals surface area contributed by atoms with Crippen LogP contribution in [-0.2, 0) is 11.2 Å². The number of halogens is 2. The Morgan fingerprint density at radius 2 is 1.81 bits per heavy atom. The Labute approximate surface area is 211 Å². The van der Waals surface area contributed by atoms with Gasteiger partial charge in [-0.3, -0.25) is 14.5 Å². The van der Waals surface area contributed by atoms with Gasteiger partial charge in [0.15, 0.2) is 22.9 Å². The number of aliphatic hydroxyl groups excluding tert-OH is 1. The van der Waals surface area contributed by atoms with E-state index in [2.05, 4.69) is 0 Å². The van der Waals surface area contributed by atoms with Crippen LogP contribution in [0, 0.1) is 5.82 Å². The van der Waals surface area contributed by atoms with Gasteiger partial charge >= 0.3 is 0 Å². The van der Waals surface area contributed by atoms with Crippen LogP contribution in [0.3, 0.4) is 0 Å². The number of anilines is 1. The molecule has 1 N–H and O–H groups in total. The third-order valence-corrected chi connectivity index (χ3v) is 6.47. The molecular formula is C28H21ClFNO5. The normalized spacial score (nSPS) is 15.7. The van der Waals surface area contributed by atoms with E-state index < -0.39 is 29.3 Å². The number of benzene rings is 3. The van der Waals surface area contributed by atoms with Gasteiger partial charge in [-0.05, 0) is 53.9 Å². The van der Waals surface area contributed by atoms with Crippen molar-refractivity contribution in [3.8, 4) is 5.75 Å². The molecule has 1 unspecified atom stereocenters. The van der Waals surface area contributed by atoms with E-state index in [0.717, 1.165) is 12.0 Å². The second kappa shape index (κ2) is 9.17. The molecule has 0 saturated heterocycles. The van der Waals surface area contributed by atoms with Gasteiger partial charge in [0.2, 0.25) is 5.78 Å². The number of aliphatic hydroxyl groups is 1. The Hall–Kier alpha value is -4.10. The number of hydrogen-bond donors (Lipinski definition) is 1. The predicted octanol–water partition coefficient (Wildman–Crippen LogP) is 6.58. The van der Waals surface area contributed by atoms with Crippen molar-refractivity contribution in [3.63, 3.8) is 0 Å². The minimum atomic E-state index is -1.00. The third kappa shape index (κ3) is 3.91. The van der Waals surface area contributed by atoms with Crippen LogP contribution in [0.25, 0.3) is 11.0 Å². The number of ether oxygens (including phenoxy) is 1. The second-order valence-corrected chi connectivity index (χ2v) is 8.81. The minimum absolute atomic E-state index is 0.102. The van der Waals surface area contributed by atoms with Crippen LogP contribution in [0.2, 0.25) is 5.02 Å². The molecule has 2 heterocycles. The zero-order valence-corrected chi connectivity index (χ0v) is 20.2. The average Bonchev–Trinajstić information content (AvgIpc) is 3.42.